The van der Waals surface area contributed by atoms with Crippen LogP contribution in [0.1, 0.15) is 37.7 Å². The number of aromatic nitrogens is 2. The van der Waals surface area contributed by atoms with Crippen LogP contribution < -0.4 is 0 Å². The lowest BCUT2D eigenvalue weighted by atomic mass is 10.1. The van der Waals surface area contributed by atoms with E-state index in [1.807, 2.05) is 0 Å². The van der Waals surface area contributed by atoms with Crippen molar-refractivity contribution in [1.82, 2.24) is 14.8 Å². The predicted octanol–water partition coefficient (Wildman–Crippen LogP) is 2.28. The molecule has 1 aromatic heterocycles. The number of hydrazone groups is 1. The summed E-state index contributed by atoms with van der Waals surface area (Å²) in [5.41, 5.74) is -1.28. The lowest BCUT2D eigenvalue weighted by molar-refractivity contribution is -0.194. The second-order valence-corrected chi connectivity index (χ2v) is 5.82. The maximum absolute atomic E-state index is 13.2. The van der Waals surface area contributed by atoms with E-state index in [2.05, 4.69) is 10.2 Å². The topological polar surface area (TPSA) is 70.7 Å². The molecule has 2 atom stereocenters. The minimum Gasteiger partial charge on any atom is -0.364 e. The summed E-state index contributed by atoms with van der Waals surface area (Å²) in [6, 6.07) is -0.925. The minimum atomic E-state index is -3.13. The number of rotatable bonds is 3. The summed E-state index contributed by atoms with van der Waals surface area (Å²) in [4.78, 5) is 12.5. The summed E-state index contributed by atoms with van der Waals surface area (Å²) in [5, 5.41) is 18.8. The van der Waals surface area contributed by atoms with E-state index >= 15 is 0 Å². The van der Waals surface area contributed by atoms with Gasteiger partial charge in [0.2, 0.25) is 5.72 Å². The second kappa shape index (κ2) is 5.58. The van der Waals surface area contributed by atoms with E-state index in [1.54, 1.807) is 13.8 Å². The average molecular weight is 335 g/mol. The summed E-state index contributed by atoms with van der Waals surface area (Å²) in [5.74, 6) is -0.776. The largest absolute Gasteiger partial charge is 0.364 e. The number of amides is 1. The van der Waals surface area contributed by atoms with Crippen molar-refractivity contribution in [3.05, 3.63) is 16.4 Å². The van der Waals surface area contributed by atoms with Gasteiger partial charge in [-0.25, -0.2) is 8.78 Å². The van der Waals surface area contributed by atoms with E-state index in [9.17, 15) is 18.7 Å². The number of halogens is 3. The van der Waals surface area contributed by atoms with Crippen molar-refractivity contribution >= 4 is 23.2 Å². The molecule has 0 saturated heterocycles. The van der Waals surface area contributed by atoms with E-state index in [0.29, 0.717) is 21.4 Å². The number of carbonyl (C=O) groups excluding carboxylic acids is 1. The van der Waals surface area contributed by atoms with Gasteiger partial charge in [-0.3, -0.25) is 9.48 Å². The highest BCUT2D eigenvalue weighted by atomic mass is 35.5. The molecule has 9 heteroatoms. The van der Waals surface area contributed by atoms with Crippen LogP contribution in [0.5, 0.6) is 0 Å². The monoisotopic (exact) mass is 334 g/mol. The first-order valence-electron chi connectivity index (χ1n) is 6.69. The number of aryl methyl sites for hydroxylation is 1. The number of carbonyl (C=O) groups is 1. The molecule has 0 unspecified atom stereocenters. The van der Waals surface area contributed by atoms with E-state index in [0.717, 1.165) is 0 Å². The highest BCUT2D eigenvalue weighted by Gasteiger charge is 2.52. The van der Waals surface area contributed by atoms with Gasteiger partial charge in [0.25, 0.3) is 12.3 Å². The Balaban J connectivity index is 2.36. The molecular formula is C13H17ClF2N4O2. The summed E-state index contributed by atoms with van der Waals surface area (Å²) < 4.78 is 27.7. The van der Waals surface area contributed by atoms with Crippen LogP contribution in [-0.4, -0.2) is 43.7 Å². The van der Waals surface area contributed by atoms with Crippen LogP contribution in [-0.2, 0) is 4.79 Å². The molecule has 0 saturated carbocycles. The van der Waals surface area contributed by atoms with Crippen LogP contribution in [0.4, 0.5) is 8.78 Å². The van der Waals surface area contributed by atoms with Gasteiger partial charge in [0.15, 0.2) is 0 Å². The van der Waals surface area contributed by atoms with Crippen molar-refractivity contribution in [3.63, 3.8) is 0 Å². The molecule has 0 bridgehead atoms. The van der Waals surface area contributed by atoms with Gasteiger partial charge in [-0.15, -0.1) is 0 Å². The molecule has 0 fully saturated rings. The molecule has 1 aliphatic rings. The number of aliphatic hydroxyl groups is 1. The number of hydrogen-bond donors (Lipinski definition) is 1. The molecule has 1 amide bonds. The van der Waals surface area contributed by atoms with Crippen LogP contribution >= 0.6 is 11.6 Å². The molecule has 2 rings (SSSR count). The number of hydrogen-bond acceptors (Lipinski definition) is 4. The first-order chi connectivity index (χ1) is 10.1. The van der Waals surface area contributed by atoms with Crippen LogP contribution in [0.2, 0.25) is 5.02 Å². The third-order valence-corrected chi connectivity index (χ3v) is 4.22. The Bertz CT molecular complexity index is 646. The zero-order valence-corrected chi connectivity index (χ0v) is 13.4. The lowest BCUT2D eigenvalue weighted by Gasteiger charge is -2.31. The Morgan fingerprint density at radius 2 is 2.00 bits per heavy atom. The van der Waals surface area contributed by atoms with Crippen LogP contribution in [0.3, 0.4) is 0 Å². The Kier molecular flexibility index (Phi) is 4.27. The summed E-state index contributed by atoms with van der Waals surface area (Å²) in [6.45, 7) is 6.32. The molecule has 2 heterocycles. The van der Waals surface area contributed by atoms with Crippen molar-refractivity contribution in [2.75, 3.05) is 0 Å². The van der Waals surface area contributed by atoms with Crippen LogP contribution in [0.25, 0.3) is 0 Å². The fraction of sp³-hybridized carbons (Fsp3) is 0.615. The van der Waals surface area contributed by atoms with Gasteiger partial charge < -0.3 is 5.11 Å². The Labute approximate surface area is 131 Å². The molecule has 0 aromatic carbocycles. The molecule has 1 aromatic rings. The van der Waals surface area contributed by atoms with Gasteiger partial charge in [-0.05, 0) is 27.7 Å². The second-order valence-electron chi connectivity index (χ2n) is 5.45. The Morgan fingerprint density at radius 1 is 1.41 bits per heavy atom. The van der Waals surface area contributed by atoms with Gasteiger partial charge in [0.1, 0.15) is 6.04 Å². The lowest BCUT2D eigenvalue weighted by Crippen LogP contribution is -2.53. The smallest absolute Gasteiger partial charge is 0.287 e. The molecule has 6 nitrogen and oxygen atoms in total. The van der Waals surface area contributed by atoms with Crippen LogP contribution in [0, 0.1) is 13.8 Å². The molecule has 0 aliphatic carbocycles. The Hall–Kier alpha value is -1.54. The normalized spacial score (nSPS) is 23.1. The van der Waals surface area contributed by atoms with Crippen molar-refractivity contribution in [2.45, 2.75) is 52.3 Å². The predicted molar refractivity (Wildman–Crippen MR) is 76.9 cm³/mol. The fourth-order valence-corrected chi connectivity index (χ4v) is 2.58. The highest BCUT2D eigenvalue weighted by molar-refractivity contribution is 6.31. The standard InChI is InChI=1S/C13H17ClF2N4O2/c1-6-5-13(22,12(15)16)20(17-6)11(21)9(4)19-8(3)10(14)7(2)18-19/h9,12,22H,5H2,1-4H3/t9-,13+/m0/s1. The third-order valence-electron chi connectivity index (χ3n) is 3.67. The van der Waals surface area contributed by atoms with Crippen molar-refractivity contribution in [3.8, 4) is 0 Å². The van der Waals surface area contributed by atoms with Crippen molar-refractivity contribution < 1.29 is 18.7 Å². The summed E-state index contributed by atoms with van der Waals surface area (Å²) in [6.07, 6.45) is -3.52. The quantitative estimate of drug-likeness (QED) is 0.921. The summed E-state index contributed by atoms with van der Waals surface area (Å²) in [7, 11) is 0. The zero-order valence-electron chi connectivity index (χ0n) is 12.6. The van der Waals surface area contributed by atoms with E-state index < -0.39 is 24.1 Å². The zero-order chi connectivity index (χ0) is 16.8. The van der Waals surface area contributed by atoms with Gasteiger partial charge >= 0.3 is 0 Å². The van der Waals surface area contributed by atoms with E-state index in [1.165, 1.54) is 18.5 Å². The molecule has 122 valence electrons. The highest BCUT2D eigenvalue weighted by Crippen LogP contribution is 2.33. The number of nitrogens with zero attached hydrogens (tertiary/aromatic N) is 4. The van der Waals surface area contributed by atoms with E-state index in [4.69, 9.17) is 11.6 Å². The van der Waals surface area contributed by atoms with Gasteiger partial charge in [0.05, 0.1) is 16.4 Å². The SMILES string of the molecule is CC1=NN(C(=O)[C@H](C)n2nc(C)c(Cl)c2C)[C@](O)(C(F)F)C1. The first kappa shape index (κ1) is 16.8. The molecule has 0 radical (unpaired) electrons. The maximum Gasteiger partial charge on any atom is 0.287 e. The fourth-order valence-electron chi connectivity index (χ4n) is 2.46. The molecule has 22 heavy (non-hydrogen) atoms. The molecule has 1 aliphatic heterocycles. The van der Waals surface area contributed by atoms with Gasteiger partial charge in [0, 0.05) is 12.1 Å². The first-order valence-corrected chi connectivity index (χ1v) is 7.07. The molecule has 0 spiro atoms. The minimum absolute atomic E-state index is 0.259. The van der Waals surface area contributed by atoms with E-state index in [-0.39, 0.29) is 12.1 Å². The third kappa shape index (κ3) is 2.50. The van der Waals surface area contributed by atoms with Crippen molar-refractivity contribution in [2.24, 2.45) is 5.10 Å². The maximum atomic E-state index is 13.2. The Morgan fingerprint density at radius 3 is 2.45 bits per heavy atom. The van der Waals surface area contributed by atoms with Crippen LogP contribution in [0.15, 0.2) is 5.10 Å². The molecular weight excluding hydrogens is 318 g/mol. The van der Waals surface area contributed by atoms with Crippen molar-refractivity contribution in [1.29, 1.82) is 0 Å². The van der Waals surface area contributed by atoms with Gasteiger partial charge in [-0.1, -0.05) is 11.6 Å². The summed E-state index contributed by atoms with van der Waals surface area (Å²) >= 11 is 6.03. The van der Waals surface area contributed by atoms with Gasteiger partial charge in [-0.2, -0.15) is 15.2 Å². The average Bonchev–Trinajstić information content (AvgIpc) is 2.89. The number of alkyl halides is 2. The molecule has 1 N–H and O–H groups in total.